The third-order valence-corrected chi connectivity index (χ3v) is 2.62. The summed E-state index contributed by atoms with van der Waals surface area (Å²) in [5.74, 6) is -0.914. The summed E-state index contributed by atoms with van der Waals surface area (Å²) >= 11 is 0. The van der Waals surface area contributed by atoms with E-state index in [0.717, 1.165) is 0 Å². The van der Waals surface area contributed by atoms with Crippen LogP contribution in [0.25, 0.3) is 0 Å². The Bertz CT molecular complexity index is 306. The quantitative estimate of drug-likeness (QED) is 0.231. The summed E-state index contributed by atoms with van der Waals surface area (Å²) in [6.07, 6.45) is -6.96. The van der Waals surface area contributed by atoms with Crippen LogP contribution in [0.5, 0.6) is 0 Å². The van der Waals surface area contributed by atoms with Gasteiger partial charge in [0, 0.05) is 19.4 Å². The maximum atomic E-state index is 11.3. The van der Waals surface area contributed by atoms with Crippen LogP contribution in [-0.4, -0.2) is 68.5 Å². The van der Waals surface area contributed by atoms with Crippen LogP contribution in [0.3, 0.4) is 0 Å². The van der Waals surface area contributed by atoms with Crippen molar-refractivity contribution >= 4 is 11.8 Å². The molecule has 8 heteroatoms. The molecule has 0 rings (SSSR count). The van der Waals surface area contributed by atoms with E-state index in [1.807, 2.05) is 0 Å². The number of esters is 1. The van der Waals surface area contributed by atoms with Crippen LogP contribution in [0.15, 0.2) is 0 Å². The lowest BCUT2D eigenvalue weighted by atomic mass is 10.1. The summed E-state index contributed by atoms with van der Waals surface area (Å²) in [6, 6.07) is 0. The monoisotopic (exact) mass is 294 g/mol. The van der Waals surface area contributed by atoms with Crippen LogP contribution in [-0.2, 0) is 14.3 Å². The molecule has 0 saturated carbocycles. The minimum absolute atomic E-state index is 0.0825. The van der Waals surface area contributed by atoms with E-state index in [1.54, 1.807) is 0 Å². The molecule has 0 aliphatic heterocycles. The fourth-order valence-corrected chi connectivity index (χ4v) is 1.44. The van der Waals surface area contributed by atoms with Crippen molar-refractivity contribution in [2.24, 2.45) is 0 Å². The number of carbonyl (C=O) groups is 2. The highest BCUT2D eigenvalue weighted by Gasteiger charge is 2.32. The Kier molecular flexibility index (Phi) is 9.26. The number of aliphatic hydroxyl groups is 5. The molecule has 20 heavy (non-hydrogen) atoms. The highest BCUT2D eigenvalue weighted by atomic mass is 16.6. The van der Waals surface area contributed by atoms with Crippen molar-refractivity contribution in [2.45, 2.75) is 57.2 Å². The highest BCUT2D eigenvalue weighted by molar-refractivity contribution is 5.76. The Morgan fingerprint density at radius 2 is 1.65 bits per heavy atom. The summed E-state index contributed by atoms with van der Waals surface area (Å²) in [5, 5.41) is 46.2. The molecule has 0 spiro atoms. The third kappa shape index (κ3) is 7.51. The Labute approximate surface area is 116 Å². The average Bonchev–Trinajstić information content (AvgIpc) is 2.36. The topological polar surface area (TPSA) is 145 Å². The van der Waals surface area contributed by atoms with Crippen molar-refractivity contribution in [3.63, 3.8) is 0 Å². The van der Waals surface area contributed by atoms with Crippen LogP contribution in [0.2, 0.25) is 0 Å². The first kappa shape index (κ1) is 18.9. The first-order valence-corrected chi connectivity index (χ1v) is 6.31. The normalized spacial score (nSPS) is 17.1. The molecule has 0 heterocycles. The molecule has 0 aliphatic carbocycles. The van der Waals surface area contributed by atoms with E-state index >= 15 is 0 Å². The van der Waals surface area contributed by atoms with Crippen molar-refractivity contribution in [1.82, 2.24) is 0 Å². The summed E-state index contributed by atoms with van der Waals surface area (Å²) in [6.45, 7) is 0.967. The predicted octanol–water partition coefficient (Wildman–Crippen LogP) is -1.93. The smallest absolute Gasteiger partial charge is 0.308 e. The maximum absolute atomic E-state index is 11.3. The van der Waals surface area contributed by atoms with Crippen LogP contribution in [0, 0.1) is 0 Å². The van der Waals surface area contributed by atoms with Gasteiger partial charge in [-0.15, -0.1) is 0 Å². The average molecular weight is 294 g/mol. The zero-order valence-electron chi connectivity index (χ0n) is 11.3. The predicted molar refractivity (Wildman–Crippen MR) is 66.4 cm³/mol. The number of hydrogen-bond acceptors (Lipinski definition) is 8. The first-order valence-electron chi connectivity index (χ1n) is 6.31. The highest BCUT2D eigenvalue weighted by Crippen LogP contribution is 2.10. The molecular weight excluding hydrogens is 272 g/mol. The van der Waals surface area contributed by atoms with E-state index in [9.17, 15) is 30.0 Å². The van der Waals surface area contributed by atoms with Gasteiger partial charge in [0.1, 0.15) is 18.0 Å². The fraction of sp³-hybridized carbons (Fsp3) is 0.833. The second kappa shape index (κ2) is 9.78. The number of ketones is 1. The van der Waals surface area contributed by atoms with Crippen molar-refractivity contribution in [3.05, 3.63) is 0 Å². The molecule has 0 aromatic rings. The summed E-state index contributed by atoms with van der Waals surface area (Å²) < 4.78 is 4.47. The Balaban J connectivity index is 4.14. The Hall–Kier alpha value is -1.06. The van der Waals surface area contributed by atoms with Crippen molar-refractivity contribution in [1.29, 1.82) is 0 Å². The summed E-state index contributed by atoms with van der Waals surface area (Å²) in [5.41, 5.74) is 0. The van der Waals surface area contributed by atoms with Gasteiger partial charge < -0.3 is 35.1 Å². The lowest BCUT2D eigenvalue weighted by Gasteiger charge is -2.25. The molecule has 0 aromatic carbocycles. The van der Waals surface area contributed by atoms with E-state index in [-0.39, 0.29) is 31.5 Å². The molecule has 4 atom stereocenters. The molecule has 0 bridgehead atoms. The number of rotatable bonds is 10. The molecule has 0 amide bonds. The number of Topliss-reactive ketones (excluding diaryl/α,β-unsaturated/α-hetero) is 1. The minimum atomic E-state index is -2.00. The van der Waals surface area contributed by atoms with Gasteiger partial charge in [0.15, 0.2) is 0 Å². The fourth-order valence-electron chi connectivity index (χ4n) is 1.44. The standard InChI is InChI=1S/C12H22O8/c1-7(14)3-2-4-9(16)20-12(19)11(18)10(17)8(15)5-6-13/h8,10-13,15,17-19H,2-6H2,1H3. The molecule has 0 aliphatic rings. The first-order chi connectivity index (χ1) is 9.29. The van der Waals surface area contributed by atoms with Crippen molar-refractivity contribution in [3.8, 4) is 0 Å². The second-order valence-electron chi connectivity index (χ2n) is 4.50. The van der Waals surface area contributed by atoms with Gasteiger partial charge in [0.25, 0.3) is 0 Å². The third-order valence-electron chi connectivity index (χ3n) is 2.62. The van der Waals surface area contributed by atoms with Crippen LogP contribution >= 0.6 is 0 Å². The van der Waals surface area contributed by atoms with Gasteiger partial charge in [0.2, 0.25) is 6.29 Å². The van der Waals surface area contributed by atoms with Crippen molar-refractivity contribution < 1.29 is 39.9 Å². The number of hydrogen-bond donors (Lipinski definition) is 5. The largest absolute Gasteiger partial charge is 0.433 e. The summed E-state index contributed by atoms with van der Waals surface area (Å²) in [4.78, 5) is 21.9. The van der Waals surface area contributed by atoms with Gasteiger partial charge in [0.05, 0.1) is 6.10 Å². The lowest BCUT2D eigenvalue weighted by Crippen LogP contribution is -2.46. The van der Waals surface area contributed by atoms with Gasteiger partial charge >= 0.3 is 5.97 Å². The van der Waals surface area contributed by atoms with E-state index in [0.29, 0.717) is 0 Å². The minimum Gasteiger partial charge on any atom is -0.433 e. The molecule has 4 unspecified atom stereocenters. The van der Waals surface area contributed by atoms with E-state index in [1.165, 1.54) is 6.92 Å². The molecule has 5 N–H and O–H groups in total. The SMILES string of the molecule is CC(=O)CCCC(=O)OC(O)C(O)C(O)C(O)CCO. The molecule has 8 nitrogen and oxygen atoms in total. The zero-order chi connectivity index (χ0) is 15.7. The van der Waals surface area contributed by atoms with Crippen LogP contribution < -0.4 is 0 Å². The molecule has 0 fully saturated rings. The van der Waals surface area contributed by atoms with Gasteiger partial charge in [-0.2, -0.15) is 0 Å². The number of ether oxygens (including phenoxy) is 1. The molecule has 118 valence electrons. The van der Waals surface area contributed by atoms with E-state index in [2.05, 4.69) is 4.74 Å². The van der Waals surface area contributed by atoms with E-state index < -0.39 is 37.2 Å². The van der Waals surface area contributed by atoms with Gasteiger partial charge in [-0.25, -0.2) is 0 Å². The van der Waals surface area contributed by atoms with Gasteiger partial charge in [-0.1, -0.05) is 0 Å². The van der Waals surface area contributed by atoms with E-state index in [4.69, 9.17) is 5.11 Å². The van der Waals surface area contributed by atoms with Gasteiger partial charge in [-0.3, -0.25) is 4.79 Å². The van der Waals surface area contributed by atoms with Crippen LogP contribution in [0.1, 0.15) is 32.6 Å². The van der Waals surface area contributed by atoms with Gasteiger partial charge in [-0.05, 0) is 19.8 Å². The Morgan fingerprint density at radius 1 is 1.05 bits per heavy atom. The maximum Gasteiger partial charge on any atom is 0.308 e. The second-order valence-corrected chi connectivity index (χ2v) is 4.50. The molecule has 0 saturated heterocycles. The number of carbonyl (C=O) groups excluding carboxylic acids is 2. The van der Waals surface area contributed by atoms with Crippen LogP contribution in [0.4, 0.5) is 0 Å². The number of aliphatic hydroxyl groups excluding tert-OH is 5. The van der Waals surface area contributed by atoms with Crippen molar-refractivity contribution in [2.75, 3.05) is 6.61 Å². The molecule has 0 radical (unpaired) electrons. The molecule has 0 aromatic heterocycles. The summed E-state index contributed by atoms with van der Waals surface area (Å²) in [7, 11) is 0. The zero-order valence-corrected chi connectivity index (χ0v) is 11.3. The molecular formula is C12H22O8. The lowest BCUT2D eigenvalue weighted by molar-refractivity contribution is -0.208. The Morgan fingerprint density at radius 3 is 2.15 bits per heavy atom.